The van der Waals surface area contributed by atoms with Crippen LogP contribution < -0.4 is 9.47 Å². The maximum atomic E-state index is 5.89. The molecule has 0 unspecified atom stereocenters. The second-order valence-electron chi connectivity index (χ2n) is 5.56. The molecular formula is C21H17Br2NO2. The van der Waals surface area contributed by atoms with Crippen molar-refractivity contribution >= 4 is 43.8 Å². The number of halogens is 2. The van der Waals surface area contributed by atoms with Crippen molar-refractivity contribution < 1.29 is 9.47 Å². The number of hydrogen-bond acceptors (Lipinski definition) is 3. The zero-order chi connectivity index (χ0) is 18.4. The SMILES string of the molecule is COc1ccc(N=Cc2ccc(OCc3ccc(Br)cc3)c(Br)c2)cc1. The van der Waals surface area contributed by atoms with Gasteiger partial charge in [-0.25, -0.2) is 0 Å². The van der Waals surface area contributed by atoms with Gasteiger partial charge in [-0.1, -0.05) is 28.1 Å². The van der Waals surface area contributed by atoms with Gasteiger partial charge >= 0.3 is 0 Å². The fourth-order valence-corrected chi connectivity index (χ4v) is 3.05. The maximum absolute atomic E-state index is 5.89. The van der Waals surface area contributed by atoms with Crippen molar-refractivity contribution in [2.75, 3.05) is 7.11 Å². The molecule has 5 heteroatoms. The molecule has 3 aromatic rings. The Hall–Kier alpha value is -2.11. The summed E-state index contributed by atoms with van der Waals surface area (Å²) in [5.41, 5.74) is 2.98. The van der Waals surface area contributed by atoms with Crippen LogP contribution in [0.3, 0.4) is 0 Å². The zero-order valence-electron chi connectivity index (χ0n) is 14.2. The highest BCUT2D eigenvalue weighted by atomic mass is 79.9. The maximum Gasteiger partial charge on any atom is 0.134 e. The third-order valence-corrected chi connectivity index (χ3v) is 4.85. The first kappa shape index (κ1) is 18.7. The lowest BCUT2D eigenvalue weighted by Crippen LogP contribution is -1.96. The summed E-state index contributed by atoms with van der Waals surface area (Å²) < 4.78 is 13.0. The van der Waals surface area contributed by atoms with Gasteiger partial charge in [-0.3, -0.25) is 4.99 Å². The van der Waals surface area contributed by atoms with Gasteiger partial charge in [-0.15, -0.1) is 0 Å². The molecule has 0 saturated heterocycles. The third kappa shape index (κ3) is 5.19. The normalized spacial score (nSPS) is 10.9. The number of benzene rings is 3. The molecule has 0 bridgehead atoms. The van der Waals surface area contributed by atoms with E-state index in [2.05, 4.69) is 36.9 Å². The average Bonchev–Trinajstić information content (AvgIpc) is 2.67. The molecule has 0 saturated carbocycles. The molecule has 0 atom stereocenters. The van der Waals surface area contributed by atoms with Crippen molar-refractivity contribution in [1.82, 2.24) is 0 Å². The molecule has 0 aromatic heterocycles. The van der Waals surface area contributed by atoms with Crippen molar-refractivity contribution in [3.05, 3.63) is 86.8 Å². The van der Waals surface area contributed by atoms with Crippen LogP contribution in [0.15, 0.2) is 80.7 Å². The van der Waals surface area contributed by atoms with Gasteiger partial charge in [0.1, 0.15) is 18.1 Å². The Bertz CT molecular complexity index is 891. The van der Waals surface area contributed by atoms with Gasteiger partial charge in [0.15, 0.2) is 0 Å². The topological polar surface area (TPSA) is 30.8 Å². The van der Waals surface area contributed by atoms with Crippen LogP contribution >= 0.6 is 31.9 Å². The molecule has 0 aliphatic carbocycles. The molecule has 0 N–H and O–H groups in total. The summed E-state index contributed by atoms with van der Waals surface area (Å²) in [4.78, 5) is 4.48. The second kappa shape index (κ2) is 9.01. The summed E-state index contributed by atoms with van der Waals surface area (Å²) in [6.07, 6.45) is 1.82. The van der Waals surface area contributed by atoms with Crippen LogP contribution in [0.4, 0.5) is 5.69 Å². The highest BCUT2D eigenvalue weighted by Gasteiger charge is 2.03. The summed E-state index contributed by atoms with van der Waals surface area (Å²) in [6.45, 7) is 0.519. The number of aliphatic imine (C=N–C) groups is 1. The predicted octanol–water partition coefficient (Wildman–Crippen LogP) is 6.55. The van der Waals surface area contributed by atoms with E-state index in [0.29, 0.717) is 6.61 Å². The Morgan fingerprint density at radius 2 is 1.65 bits per heavy atom. The second-order valence-corrected chi connectivity index (χ2v) is 7.33. The first-order valence-electron chi connectivity index (χ1n) is 7.99. The van der Waals surface area contributed by atoms with Crippen molar-refractivity contribution in [3.8, 4) is 11.5 Å². The molecule has 3 aromatic carbocycles. The monoisotopic (exact) mass is 473 g/mol. The van der Waals surface area contributed by atoms with E-state index >= 15 is 0 Å². The largest absolute Gasteiger partial charge is 0.497 e. The van der Waals surface area contributed by atoms with Gasteiger partial charge in [0, 0.05) is 10.7 Å². The van der Waals surface area contributed by atoms with E-state index in [1.54, 1.807) is 7.11 Å². The number of ether oxygens (including phenoxy) is 2. The standard InChI is InChI=1S/C21H17Br2NO2/c1-25-19-9-7-18(8-10-19)24-13-16-4-11-21(20(23)12-16)26-14-15-2-5-17(22)6-3-15/h2-13H,14H2,1H3. The number of methoxy groups -OCH3 is 1. The molecule has 0 radical (unpaired) electrons. The van der Waals surface area contributed by atoms with E-state index in [9.17, 15) is 0 Å². The molecule has 0 amide bonds. The summed E-state index contributed by atoms with van der Waals surface area (Å²) in [5, 5.41) is 0. The Labute approximate surface area is 169 Å². The lowest BCUT2D eigenvalue weighted by atomic mass is 10.2. The number of hydrogen-bond donors (Lipinski definition) is 0. The minimum absolute atomic E-state index is 0.519. The highest BCUT2D eigenvalue weighted by molar-refractivity contribution is 9.10. The number of rotatable bonds is 6. The third-order valence-electron chi connectivity index (χ3n) is 3.70. The molecule has 3 nitrogen and oxygen atoms in total. The van der Waals surface area contributed by atoms with Crippen LogP contribution in [0.1, 0.15) is 11.1 Å². The van der Waals surface area contributed by atoms with Gasteiger partial charge in [-0.05, 0) is 81.7 Å². The van der Waals surface area contributed by atoms with Gasteiger partial charge in [0.05, 0.1) is 17.3 Å². The fourth-order valence-electron chi connectivity index (χ4n) is 2.27. The highest BCUT2D eigenvalue weighted by Crippen LogP contribution is 2.27. The van der Waals surface area contributed by atoms with Crippen molar-refractivity contribution in [2.45, 2.75) is 6.61 Å². The van der Waals surface area contributed by atoms with E-state index in [-0.39, 0.29) is 0 Å². The van der Waals surface area contributed by atoms with E-state index in [1.165, 1.54) is 0 Å². The molecular weight excluding hydrogens is 458 g/mol. The van der Waals surface area contributed by atoms with Gasteiger partial charge in [0.25, 0.3) is 0 Å². The quantitative estimate of drug-likeness (QED) is 0.379. The predicted molar refractivity (Wildman–Crippen MR) is 113 cm³/mol. The molecule has 0 fully saturated rings. The Morgan fingerprint density at radius 1 is 0.923 bits per heavy atom. The molecule has 3 rings (SSSR count). The van der Waals surface area contributed by atoms with Crippen LogP contribution in [0.25, 0.3) is 0 Å². The molecule has 0 heterocycles. The smallest absolute Gasteiger partial charge is 0.134 e. The van der Waals surface area contributed by atoms with Crippen LogP contribution in [-0.2, 0) is 6.61 Å². The van der Waals surface area contributed by atoms with Crippen LogP contribution in [0.5, 0.6) is 11.5 Å². The van der Waals surface area contributed by atoms with Crippen LogP contribution in [-0.4, -0.2) is 13.3 Å². The van der Waals surface area contributed by atoms with E-state index < -0.39 is 0 Å². The molecule has 0 aliphatic rings. The summed E-state index contributed by atoms with van der Waals surface area (Å²) >= 11 is 7.00. The minimum atomic E-state index is 0.519. The lowest BCUT2D eigenvalue weighted by Gasteiger charge is -2.09. The zero-order valence-corrected chi connectivity index (χ0v) is 17.3. The summed E-state index contributed by atoms with van der Waals surface area (Å²) in [6, 6.07) is 21.6. The average molecular weight is 475 g/mol. The van der Waals surface area contributed by atoms with Crippen LogP contribution in [0, 0.1) is 0 Å². The molecule has 0 spiro atoms. The molecule has 132 valence electrons. The van der Waals surface area contributed by atoms with Crippen molar-refractivity contribution in [3.63, 3.8) is 0 Å². The Kier molecular flexibility index (Phi) is 6.47. The summed E-state index contributed by atoms with van der Waals surface area (Å²) in [5.74, 6) is 1.62. The first-order chi connectivity index (χ1) is 12.6. The molecule has 0 aliphatic heterocycles. The van der Waals surface area contributed by atoms with Gasteiger partial charge < -0.3 is 9.47 Å². The van der Waals surface area contributed by atoms with Crippen LogP contribution in [0.2, 0.25) is 0 Å². The van der Waals surface area contributed by atoms with E-state index in [1.807, 2.05) is 72.9 Å². The first-order valence-corrected chi connectivity index (χ1v) is 9.57. The van der Waals surface area contributed by atoms with Gasteiger partial charge in [-0.2, -0.15) is 0 Å². The summed E-state index contributed by atoms with van der Waals surface area (Å²) in [7, 11) is 1.65. The van der Waals surface area contributed by atoms with Crippen molar-refractivity contribution in [1.29, 1.82) is 0 Å². The lowest BCUT2D eigenvalue weighted by molar-refractivity contribution is 0.304. The Balaban J connectivity index is 1.64. The van der Waals surface area contributed by atoms with E-state index in [0.717, 1.165) is 37.3 Å². The fraction of sp³-hybridized carbons (Fsp3) is 0.0952. The Morgan fingerprint density at radius 3 is 2.31 bits per heavy atom. The van der Waals surface area contributed by atoms with Crippen molar-refractivity contribution in [2.24, 2.45) is 4.99 Å². The van der Waals surface area contributed by atoms with E-state index in [4.69, 9.17) is 9.47 Å². The van der Waals surface area contributed by atoms with Gasteiger partial charge in [0.2, 0.25) is 0 Å². The minimum Gasteiger partial charge on any atom is -0.497 e. The molecule has 26 heavy (non-hydrogen) atoms. The number of nitrogens with zero attached hydrogens (tertiary/aromatic N) is 1.